The Bertz CT molecular complexity index is 593. The molecular formula is C21H35NO6S2. The maximum absolute atomic E-state index is 11.8. The minimum atomic E-state index is -0.104. The molecule has 0 aliphatic carbocycles. The summed E-state index contributed by atoms with van der Waals surface area (Å²) in [6.07, 6.45) is 3.41. The molecule has 0 unspecified atom stereocenters. The summed E-state index contributed by atoms with van der Waals surface area (Å²) < 4.78 is 16.6. The summed E-state index contributed by atoms with van der Waals surface area (Å²) in [5.41, 5.74) is 1.39. The number of hydrogen-bond acceptors (Lipinski definition) is 8. The van der Waals surface area contributed by atoms with Crippen LogP contribution in [-0.2, 0) is 27.5 Å². The molecule has 0 fully saturated rings. The minimum absolute atomic E-state index is 0.0522. The maximum atomic E-state index is 11.8. The quantitative estimate of drug-likeness (QED) is 0.241. The van der Waals surface area contributed by atoms with Crippen molar-refractivity contribution in [3.8, 4) is 5.75 Å². The van der Waals surface area contributed by atoms with Crippen LogP contribution in [-0.4, -0.2) is 66.7 Å². The van der Waals surface area contributed by atoms with Crippen molar-refractivity contribution in [1.82, 2.24) is 5.32 Å². The highest BCUT2D eigenvalue weighted by Gasteiger charge is 2.19. The van der Waals surface area contributed by atoms with E-state index in [0.717, 1.165) is 6.42 Å². The van der Waals surface area contributed by atoms with Crippen molar-refractivity contribution >= 4 is 27.5 Å². The molecule has 0 saturated carbocycles. The first-order chi connectivity index (χ1) is 14.4. The van der Waals surface area contributed by atoms with Gasteiger partial charge in [0.2, 0.25) is 5.91 Å². The van der Waals surface area contributed by atoms with Crippen LogP contribution in [0, 0.1) is 0 Å². The summed E-state index contributed by atoms with van der Waals surface area (Å²) in [6.45, 7) is 6.68. The van der Waals surface area contributed by atoms with E-state index in [2.05, 4.69) is 19.2 Å². The Hall–Kier alpha value is -0.970. The summed E-state index contributed by atoms with van der Waals surface area (Å²) >= 11 is 0. The van der Waals surface area contributed by atoms with Gasteiger partial charge >= 0.3 is 0 Å². The highest BCUT2D eigenvalue weighted by molar-refractivity contribution is 8.76. The van der Waals surface area contributed by atoms with E-state index in [0.29, 0.717) is 62.9 Å². The molecule has 30 heavy (non-hydrogen) atoms. The summed E-state index contributed by atoms with van der Waals surface area (Å²) in [5.74, 6) is 0.646. The van der Waals surface area contributed by atoms with Gasteiger partial charge in [0, 0.05) is 17.7 Å². The van der Waals surface area contributed by atoms with Crippen LogP contribution in [0.4, 0.5) is 0 Å². The van der Waals surface area contributed by atoms with Crippen LogP contribution in [0.5, 0.6) is 5.75 Å². The summed E-state index contributed by atoms with van der Waals surface area (Å²) in [5, 5.41) is 21.3. The van der Waals surface area contributed by atoms with Gasteiger partial charge < -0.3 is 29.7 Å². The van der Waals surface area contributed by atoms with Gasteiger partial charge in [0.25, 0.3) is 0 Å². The van der Waals surface area contributed by atoms with Gasteiger partial charge in [-0.2, -0.15) is 0 Å². The molecule has 3 N–H and O–H groups in total. The van der Waals surface area contributed by atoms with Gasteiger partial charge in [-0.15, -0.1) is 0 Å². The molecule has 1 rings (SSSR count). The topological polar surface area (TPSA) is 97.3 Å². The SMILES string of the molecule is CSSC(C)(C)CCC(=O)NCCOCCOCCOc1cc(CO)cc(CO)c1. The highest BCUT2D eigenvalue weighted by Crippen LogP contribution is 2.36. The zero-order valence-electron chi connectivity index (χ0n) is 18.1. The van der Waals surface area contributed by atoms with Crippen molar-refractivity contribution in [3.63, 3.8) is 0 Å². The standard InChI is InChI=1S/C21H35NO6S2/c1-21(2,30-29-3)5-4-20(25)22-6-7-26-8-9-27-10-11-28-19-13-17(15-23)12-18(14-19)16-24/h12-14,23-24H,4-11,15-16H2,1-3H3,(H,22,25). The third-order valence-electron chi connectivity index (χ3n) is 4.09. The van der Waals surface area contributed by atoms with Gasteiger partial charge in [0.05, 0.1) is 39.6 Å². The number of carbonyl (C=O) groups excluding carboxylic acids is 1. The fourth-order valence-corrected chi connectivity index (χ4v) is 4.81. The molecule has 0 atom stereocenters. The molecular weight excluding hydrogens is 426 g/mol. The van der Waals surface area contributed by atoms with E-state index in [4.69, 9.17) is 14.2 Å². The predicted molar refractivity (Wildman–Crippen MR) is 123 cm³/mol. The molecule has 1 amide bonds. The van der Waals surface area contributed by atoms with Crippen LogP contribution in [0.15, 0.2) is 18.2 Å². The van der Waals surface area contributed by atoms with Gasteiger partial charge in [-0.3, -0.25) is 4.79 Å². The van der Waals surface area contributed by atoms with E-state index in [1.54, 1.807) is 39.8 Å². The molecule has 172 valence electrons. The summed E-state index contributed by atoms with van der Waals surface area (Å²) in [6, 6.07) is 5.20. The molecule has 7 nitrogen and oxygen atoms in total. The van der Waals surface area contributed by atoms with Gasteiger partial charge in [-0.25, -0.2) is 0 Å². The molecule has 0 aromatic heterocycles. The van der Waals surface area contributed by atoms with Crippen molar-refractivity contribution in [2.24, 2.45) is 0 Å². The fourth-order valence-electron chi connectivity index (χ4n) is 2.57. The molecule has 0 bridgehead atoms. The Kier molecular flexibility index (Phi) is 14.2. The normalized spacial score (nSPS) is 11.5. The predicted octanol–water partition coefficient (Wildman–Crippen LogP) is 2.77. The van der Waals surface area contributed by atoms with E-state index in [1.165, 1.54) is 0 Å². The van der Waals surface area contributed by atoms with Crippen molar-refractivity contribution in [3.05, 3.63) is 29.3 Å². The van der Waals surface area contributed by atoms with E-state index >= 15 is 0 Å². The van der Waals surface area contributed by atoms with Crippen LogP contribution in [0.3, 0.4) is 0 Å². The first kappa shape index (κ1) is 27.1. The molecule has 0 heterocycles. The second-order valence-electron chi connectivity index (χ2n) is 7.23. The van der Waals surface area contributed by atoms with Crippen molar-refractivity contribution < 1.29 is 29.2 Å². The number of ether oxygens (including phenoxy) is 3. The van der Waals surface area contributed by atoms with Crippen LogP contribution in [0.25, 0.3) is 0 Å². The number of nitrogens with one attached hydrogen (secondary N) is 1. The monoisotopic (exact) mass is 461 g/mol. The fraction of sp³-hybridized carbons (Fsp3) is 0.667. The third-order valence-corrected chi connectivity index (χ3v) is 6.77. The van der Waals surface area contributed by atoms with Crippen LogP contribution in [0.1, 0.15) is 37.8 Å². The lowest BCUT2D eigenvalue weighted by Gasteiger charge is -2.21. The number of benzene rings is 1. The number of carbonyl (C=O) groups is 1. The van der Waals surface area contributed by atoms with Crippen molar-refractivity contribution in [2.75, 3.05) is 45.8 Å². The summed E-state index contributed by atoms with van der Waals surface area (Å²) in [4.78, 5) is 11.8. The lowest BCUT2D eigenvalue weighted by atomic mass is 10.1. The zero-order valence-corrected chi connectivity index (χ0v) is 19.8. The number of aliphatic hydroxyl groups is 2. The maximum Gasteiger partial charge on any atom is 0.220 e. The Morgan fingerprint density at radius 1 is 1.00 bits per heavy atom. The Balaban J connectivity index is 2.01. The first-order valence-electron chi connectivity index (χ1n) is 10.0. The average molecular weight is 462 g/mol. The van der Waals surface area contributed by atoms with Crippen LogP contribution in [0.2, 0.25) is 0 Å². The number of aliphatic hydroxyl groups excluding tert-OH is 2. The van der Waals surface area contributed by atoms with Gasteiger partial charge in [0.15, 0.2) is 0 Å². The Morgan fingerprint density at radius 2 is 1.60 bits per heavy atom. The zero-order chi connectivity index (χ0) is 22.2. The average Bonchev–Trinajstić information content (AvgIpc) is 2.73. The van der Waals surface area contributed by atoms with E-state index in [1.807, 2.05) is 6.26 Å². The smallest absolute Gasteiger partial charge is 0.220 e. The Morgan fingerprint density at radius 3 is 2.20 bits per heavy atom. The number of amides is 1. The van der Waals surface area contributed by atoms with Crippen molar-refractivity contribution in [1.29, 1.82) is 0 Å². The van der Waals surface area contributed by atoms with E-state index < -0.39 is 0 Å². The van der Waals surface area contributed by atoms with Gasteiger partial charge in [-0.1, -0.05) is 27.7 Å². The first-order valence-corrected chi connectivity index (χ1v) is 12.6. The molecule has 0 saturated heterocycles. The molecule has 0 spiro atoms. The lowest BCUT2D eigenvalue weighted by Crippen LogP contribution is -2.29. The molecule has 9 heteroatoms. The highest BCUT2D eigenvalue weighted by atomic mass is 33.1. The van der Waals surface area contributed by atoms with Crippen molar-refractivity contribution in [2.45, 2.75) is 44.6 Å². The number of hydrogen-bond donors (Lipinski definition) is 3. The molecule has 0 radical (unpaired) electrons. The second kappa shape index (κ2) is 15.8. The van der Waals surface area contributed by atoms with E-state index in [-0.39, 0.29) is 23.9 Å². The van der Waals surface area contributed by atoms with E-state index in [9.17, 15) is 15.0 Å². The number of rotatable bonds is 17. The molecule has 0 aliphatic heterocycles. The molecule has 1 aromatic carbocycles. The molecule has 1 aromatic rings. The minimum Gasteiger partial charge on any atom is -0.491 e. The molecule has 0 aliphatic rings. The largest absolute Gasteiger partial charge is 0.491 e. The van der Waals surface area contributed by atoms with Gasteiger partial charge in [0.1, 0.15) is 12.4 Å². The van der Waals surface area contributed by atoms with Crippen LogP contribution >= 0.6 is 21.6 Å². The van der Waals surface area contributed by atoms with Crippen LogP contribution < -0.4 is 10.1 Å². The van der Waals surface area contributed by atoms with Gasteiger partial charge in [-0.05, 0) is 49.8 Å². The second-order valence-corrected chi connectivity index (χ2v) is 10.3. The third kappa shape index (κ3) is 12.7. The lowest BCUT2D eigenvalue weighted by molar-refractivity contribution is -0.121. The summed E-state index contributed by atoms with van der Waals surface area (Å²) in [7, 11) is 3.51. The Labute approximate surface area is 187 Å².